The van der Waals surface area contributed by atoms with Gasteiger partial charge in [0.25, 0.3) is 11.6 Å². The normalized spacial score (nSPS) is 20.0. The van der Waals surface area contributed by atoms with Gasteiger partial charge in [-0.15, -0.1) is 0 Å². The molecule has 0 N–H and O–H groups in total. The molecule has 2 heterocycles. The van der Waals surface area contributed by atoms with E-state index in [1.807, 2.05) is 4.90 Å². The van der Waals surface area contributed by atoms with E-state index in [4.69, 9.17) is 4.74 Å². The number of esters is 1. The van der Waals surface area contributed by atoms with E-state index < -0.39 is 10.9 Å². The Kier molecular flexibility index (Phi) is 6.49. The van der Waals surface area contributed by atoms with Crippen molar-refractivity contribution < 1.29 is 19.2 Å². The summed E-state index contributed by atoms with van der Waals surface area (Å²) in [5.74, 6) is -0.496. The van der Waals surface area contributed by atoms with Crippen molar-refractivity contribution in [2.45, 2.75) is 39.0 Å². The molecule has 0 bridgehead atoms. The second kappa shape index (κ2) is 9.03. The van der Waals surface area contributed by atoms with Crippen LogP contribution in [0.1, 0.15) is 49.4 Å². The van der Waals surface area contributed by atoms with Crippen LogP contribution >= 0.6 is 0 Å². The predicted octanol–water partition coefficient (Wildman–Crippen LogP) is 3.00. The molecule has 2 aliphatic heterocycles. The van der Waals surface area contributed by atoms with Gasteiger partial charge < -0.3 is 14.5 Å². The molecule has 0 saturated carbocycles. The van der Waals surface area contributed by atoms with E-state index >= 15 is 0 Å². The van der Waals surface area contributed by atoms with Gasteiger partial charge in [0.05, 0.1) is 10.5 Å². The number of likely N-dealkylation sites (tertiary alicyclic amines) is 1. The minimum Gasteiger partial charge on any atom is -0.452 e. The molecule has 0 unspecified atom stereocenters. The van der Waals surface area contributed by atoms with Crippen LogP contribution in [0.5, 0.6) is 0 Å². The molecule has 1 atom stereocenters. The minimum atomic E-state index is -0.716. The molecule has 0 spiro atoms. The van der Waals surface area contributed by atoms with Crippen LogP contribution in [0.3, 0.4) is 0 Å². The Balaban J connectivity index is 1.65. The van der Waals surface area contributed by atoms with Crippen molar-refractivity contribution in [1.29, 1.82) is 0 Å². The van der Waals surface area contributed by atoms with Gasteiger partial charge in [0.1, 0.15) is 5.69 Å². The lowest BCUT2D eigenvalue weighted by Crippen LogP contribution is -2.41. The first-order valence-electron chi connectivity index (χ1n) is 9.94. The third-order valence-electron chi connectivity index (χ3n) is 5.44. The number of piperidine rings is 2. The zero-order valence-corrected chi connectivity index (χ0v) is 16.3. The highest BCUT2D eigenvalue weighted by molar-refractivity contribution is 5.93. The first-order chi connectivity index (χ1) is 13.5. The van der Waals surface area contributed by atoms with Gasteiger partial charge >= 0.3 is 5.97 Å². The third kappa shape index (κ3) is 4.79. The van der Waals surface area contributed by atoms with Crippen LogP contribution in [-0.2, 0) is 9.53 Å². The van der Waals surface area contributed by atoms with Crippen LogP contribution in [0.25, 0.3) is 0 Å². The van der Waals surface area contributed by atoms with Crippen LogP contribution in [0.4, 0.5) is 11.4 Å². The van der Waals surface area contributed by atoms with Crippen molar-refractivity contribution in [1.82, 2.24) is 4.90 Å². The first kappa shape index (κ1) is 20.1. The minimum absolute atomic E-state index is 0.0901. The van der Waals surface area contributed by atoms with E-state index in [-0.39, 0.29) is 23.8 Å². The monoisotopic (exact) mass is 389 g/mol. The number of rotatable bonds is 5. The van der Waals surface area contributed by atoms with E-state index in [1.54, 1.807) is 11.0 Å². The fraction of sp³-hybridized carbons (Fsp3) is 0.600. The maximum absolute atomic E-state index is 12.3. The van der Waals surface area contributed by atoms with E-state index in [0.717, 1.165) is 45.2 Å². The summed E-state index contributed by atoms with van der Waals surface area (Å²) >= 11 is 0. The lowest BCUT2D eigenvalue weighted by atomic mass is 10.0. The Morgan fingerprint density at radius 1 is 1.18 bits per heavy atom. The lowest BCUT2D eigenvalue weighted by molar-refractivity contribution is -0.384. The van der Waals surface area contributed by atoms with Crippen LogP contribution in [-0.4, -0.2) is 54.5 Å². The van der Waals surface area contributed by atoms with Crippen molar-refractivity contribution in [3.63, 3.8) is 0 Å². The van der Waals surface area contributed by atoms with Crippen LogP contribution in [0, 0.1) is 16.0 Å². The number of hydrogen-bond acceptors (Lipinski definition) is 6. The molecular formula is C20H27N3O5. The maximum Gasteiger partial charge on any atom is 0.338 e. The number of nitro benzene ring substituents is 1. The Morgan fingerprint density at radius 3 is 2.61 bits per heavy atom. The molecule has 1 aromatic rings. The molecule has 0 aliphatic carbocycles. The topological polar surface area (TPSA) is 93.0 Å². The molecule has 1 aromatic carbocycles. The average molecular weight is 389 g/mol. The van der Waals surface area contributed by atoms with Gasteiger partial charge in [-0.3, -0.25) is 14.9 Å². The van der Waals surface area contributed by atoms with Crippen LogP contribution in [0.15, 0.2) is 18.2 Å². The van der Waals surface area contributed by atoms with E-state index in [2.05, 4.69) is 6.92 Å². The summed E-state index contributed by atoms with van der Waals surface area (Å²) in [5, 5.41) is 11.5. The molecule has 28 heavy (non-hydrogen) atoms. The van der Waals surface area contributed by atoms with E-state index in [0.29, 0.717) is 24.7 Å². The number of carbonyl (C=O) groups is 2. The molecular weight excluding hydrogens is 362 g/mol. The summed E-state index contributed by atoms with van der Waals surface area (Å²) in [6.45, 7) is 4.64. The molecule has 2 fully saturated rings. The predicted molar refractivity (Wildman–Crippen MR) is 104 cm³/mol. The number of amides is 1. The average Bonchev–Trinajstić information content (AvgIpc) is 2.72. The van der Waals surface area contributed by atoms with Gasteiger partial charge in [0.15, 0.2) is 6.61 Å². The zero-order valence-electron chi connectivity index (χ0n) is 16.3. The molecule has 2 saturated heterocycles. The van der Waals surface area contributed by atoms with Crippen molar-refractivity contribution in [3.8, 4) is 0 Å². The van der Waals surface area contributed by atoms with E-state index in [9.17, 15) is 19.7 Å². The van der Waals surface area contributed by atoms with Crippen molar-refractivity contribution in [3.05, 3.63) is 33.9 Å². The Labute approximate surface area is 164 Å². The van der Waals surface area contributed by atoms with Gasteiger partial charge in [-0.05, 0) is 50.2 Å². The van der Waals surface area contributed by atoms with Crippen molar-refractivity contribution >= 4 is 23.3 Å². The lowest BCUT2D eigenvalue weighted by Gasteiger charge is -2.30. The number of nitro groups is 1. The van der Waals surface area contributed by atoms with Gasteiger partial charge in [-0.25, -0.2) is 4.79 Å². The second-order valence-electron chi connectivity index (χ2n) is 7.67. The highest BCUT2D eigenvalue weighted by Crippen LogP contribution is 2.31. The summed E-state index contributed by atoms with van der Waals surface area (Å²) in [5.41, 5.74) is 0.513. The van der Waals surface area contributed by atoms with Gasteiger partial charge in [-0.1, -0.05) is 6.92 Å². The fourth-order valence-corrected chi connectivity index (χ4v) is 3.92. The molecule has 152 valence electrons. The van der Waals surface area contributed by atoms with Crippen LogP contribution < -0.4 is 4.90 Å². The fourth-order valence-electron chi connectivity index (χ4n) is 3.92. The standard InChI is InChI=1S/C20H27N3O5/c1-15-6-5-11-22(13-15)19(24)14-28-20(25)16-7-8-17(18(12-16)23(26)27)21-9-3-2-4-10-21/h7-8,12,15H,2-6,9-11,13-14H2,1H3/t15-/m0/s1. The Bertz CT molecular complexity index is 745. The number of benzene rings is 1. The number of nitrogens with zero attached hydrogens (tertiary/aromatic N) is 3. The summed E-state index contributed by atoms with van der Waals surface area (Å²) in [6, 6.07) is 4.39. The quantitative estimate of drug-likeness (QED) is 0.437. The van der Waals surface area contributed by atoms with E-state index in [1.165, 1.54) is 12.1 Å². The summed E-state index contributed by atoms with van der Waals surface area (Å²) in [6.07, 6.45) is 5.16. The first-order valence-corrected chi connectivity index (χ1v) is 9.94. The molecule has 0 aromatic heterocycles. The number of hydrogen-bond donors (Lipinski definition) is 0. The molecule has 1 amide bonds. The van der Waals surface area contributed by atoms with Gasteiger partial charge in [0, 0.05) is 32.2 Å². The van der Waals surface area contributed by atoms with Gasteiger partial charge in [0.2, 0.25) is 0 Å². The smallest absolute Gasteiger partial charge is 0.338 e. The summed E-state index contributed by atoms with van der Waals surface area (Å²) in [4.78, 5) is 39.3. The van der Waals surface area contributed by atoms with Gasteiger partial charge in [-0.2, -0.15) is 0 Å². The molecule has 8 heteroatoms. The third-order valence-corrected chi connectivity index (χ3v) is 5.44. The molecule has 8 nitrogen and oxygen atoms in total. The number of ether oxygens (including phenoxy) is 1. The Hall–Kier alpha value is -2.64. The number of carbonyl (C=O) groups excluding carboxylic acids is 2. The highest BCUT2D eigenvalue weighted by atomic mass is 16.6. The largest absolute Gasteiger partial charge is 0.452 e. The highest BCUT2D eigenvalue weighted by Gasteiger charge is 2.25. The maximum atomic E-state index is 12.3. The van der Waals surface area contributed by atoms with Crippen molar-refractivity contribution in [2.24, 2.45) is 5.92 Å². The summed E-state index contributed by atoms with van der Waals surface area (Å²) < 4.78 is 5.13. The number of anilines is 1. The van der Waals surface area contributed by atoms with Crippen molar-refractivity contribution in [2.75, 3.05) is 37.7 Å². The Morgan fingerprint density at radius 2 is 1.93 bits per heavy atom. The second-order valence-corrected chi connectivity index (χ2v) is 7.67. The summed E-state index contributed by atoms with van der Waals surface area (Å²) in [7, 11) is 0. The molecule has 3 rings (SSSR count). The molecule has 0 radical (unpaired) electrons. The van der Waals surface area contributed by atoms with Crippen LogP contribution in [0.2, 0.25) is 0 Å². The SMILES string of the molecule is C[C@H]1CCCN(C(=O)COC(=O)c2ccc(N3CCCCC3)c([N+](=O)[O-])c2)C1. The molecule has 2 aliphatic rings. The zero-order chi connectivity index (χ0) is 20.1.